The Hall–Kier alpha value is -0.260. The Morgan fingerprint density at radius 1 is 1.46 bits per heavy atom. The van der Waals surface area contributed by atoms with E-state index >= 15 is 0 Å². The Morgan fingerprint density at radius 2 is 2.08 bits per heavy atom. The van der Waals surface area contributed by atoms with Crippen molar-refractivity contribution in [3.63, 3.8) is 0 Å². The van der Waals surface area contributed by atoms with Crippen LogP contribution in [-0.4, -0.2) is 13.5 Å². The molecule has 1 aromatic rings. The highest BCUT2D eigenvalue weighted by molar-refractivity contribution is 9.10. The van der Waals surface area contributed by atoms with Gasteiger partial charge in [-0.2, -0.15) is 0 Å². The lowest BCUT2D eigenvalue weighted by Crippen LogP contribution is -1.95. The number of hydrogen-bond acceptors (Lipinski definition) is 3. The van der Waals surface area contributed by atoms with Gasteiger partial charge in [0.1, 0.15) is 5.75 Å². The largest absolute Gasteiger partial charge is 0.508 e. The minimum absolute atomic E-state index is 0.0718. The van der Waals surface area contributed by atoms with E-state index in [1.807, 2.05) is 0 Å². The number of phenols is 1. The van der Waals surface area contributed by atoms with Crippen molar-refractivity contribution in [2.24, 2.45) is 0 Å². The molecule has 0 atom stereocenters. The maximum Gasteiger partial charge on any atom is 0.236 e. The lowest BCUT2D eigenvalue weighted by atomic mass is 10.2. The topological polar surface area (TPSA) is 54.4 Å². The maximum absolute atomic E-state index is 10.7. The van der Waals surface area contributed by atoms with Crippen LogP contribution in [0.1, 0.15) is 5.56 Å². The minimum Gasteiger partial charge on any atom is -0.508 e. The van der Waals surface area contributed by atoms with Crippen LogP contribution in [0.3, 0.4) is 0 Å². The first-order valence-corrected chi connectivity index (χ1v) is 6.55. The molecule has 72 valence electrons. The quantitative estimate of drug-likeness (QED) is 0.848. The van der Waals surface area contributed by atoms with Crippen LogP contribution in [0, 0.1) is 0 Å². The molecule has 0 fully saturated rings. The normalized spacial score (nSPS) is 11.5. The lowest BCUT2D eigenvalue weighted by Gasteiger charge is -2.01. The maximum atomic E-state index is 10.7. The summed E-state index contributed by atoms with van der Waals surface area (Å²) in [6, 6.07) is 4.32. The molecule has 1 aromatic carbocycles. The number of rotatable bonds is 2. The van der Waals surface area contributed by atoms with E-state index in [1.54, 1.807) is 0 Å². The Balaban J connectivity index is 3.04. The SMILES string of the molecule is O=S(=O)(Cl)Cc1ccc(O)cc1Br. The van der Waals surface area contributed by atoms with Crippen molar-refractivity contribution in [1.29, 1.82) is 0 Å². The van der Waals surface area contributed by atoms with Gasteiger partial charge in [-0.3, -0.25) is 0 Å². The Labute approximate surface area is 88.9 Å². The van der Waals surface area contributed by atoms with Gasteiger partial charge in [0.2, 0.25) is 9.05 Å². The van der Waals surface area contributed by atoms with Gasteiger partial charge < -0.3 is 5.11 Å². The second kappa shape index (κ2) is 3.86. The Morgan fingerprint density at radius 3 is 2.54 bits per heavy atom. The smallest absolute Gasteiger partial charge is 0.236 e. The summed E-state index contributed by atoms with van der Waals surface area (Å²) in [6.07, 6.45) is 0. The molecule has 0 aliphatic heterocycles. The van der Waals surface area contributed by atoms with E-state index in [2.05, 4.69) is 15.9 Å². The van der Waals surface area contributed by atoms with Gasteiger partial charge in [0.05, 0.1) is 5.75 Å². The van der Waals surface area contributed by atoms with Crippen LogP contribution in [0.25, 0.3) is 0 Å². The van der Waals surface area contributed by atoms with Crippen LogP contribution in [0.2, 0.25) is 0 Å². The molecule has 0 saturated heterocycles. The Bertz CT molecular complexity index is 416. The van der Waals surface area contributed by atoms with Gasteiger partial charge in [0, 0.05) is 15.2 Å². The second-order valence-electron chi connectivity index (χ2n) is 2.46. The second-order valence-corrected chi connectivity index (χ2v) is 6.09. The molecule has 0 aromatic heterocycles. The molecule has 13 heavy (non-hydrogen) atoms. The molecule has 0 unspecified atom stereocenters. The van der Waals surface area contributed by atoms with Crippen LogP contribution in [0.4, 0.5) is 0 Å². The summed E-state index contributed by atoms with van der Waals surface area (Å²) in [4.78, 5) is 0. The third-order valence-corrected chi connectivity index (χ3v) is 3.09. The zero-order valence-electron chi connectivity index (χ0n) is 6.37. The van der Waals surface area contributed by atoms with Crippen molar-refractivity contribution in [3.05, 3.63) is 28.2 Å². The molecule has 0 aliphatic rings. The molecule has 0 saturated carbocycles. The standard InChI is InChI=1S/C7H6BrClO3S/c8-7-3-6(10)2-1-5(7)4-13(9,11)12/h1-3,10H,4H2. The summed E-state index contributed by atoms with van der Waals surface area (Å²) < 4.78 is 22.0. The molecule has 0 spiro atoms. The van der Waals surface area contributed by atoms with Gasteiger partial charge in [0.15, 0.2) is 0 Å². The predicted molar refractivity (Wildman–Crippen MR) is 54.3 cm³/mol. The molecule has 0 heterocycles. The average Bonchev–Trinajstić information content (AvgIpc) is 1.93. The first-order chi connectivity index (χ1) is 5.88. The summed E-state index contributed by atoms with van der Waals surface area (Å²) in [7, 11) is 1.52. The molecule has 3 nitrogen and oxygen atoms in total. The summed E-state index contributed by atoms with van der Waals surface area (Å²) in [5, 5.41) is 9.02. The van der Waals surface area contributed by atoms with E-state index in [9.17, 15) is 8.42 Å². The molecule has 1 N–H and O–H groups in total. The van der Waals surface area contributed by atoms with Crippen LogP contribution in [0.5, 0.6) is 5.75 Å². The highest BCUT2D eigenvalue weighted by Crippen LogP contribution is 2.24. The summed E-state index contributed by atoms with van der Waals surface area (Å²) in [6.45, 7) is 0. The highest BCUT2D eigenvalue weighted by atomic mass is 79.9. The van der Waals surface area contributed by atoms with Crippen LogP contribution >= 0.6 is 26.6 Å². The number of aromatic hydroxyl groups is 1. The van der Waals surface area contributed by atoms with E-state index in [1.165, 1.54) is 18.2 Å². The van der Waals surface area contributed by atoms with Crippen molar-refractivity contribution in [1.82, 2.24) is 0 Å². The average molecular weight is 286 g/mol. The van der Waals surface area contributed by atoms with Gasteiger partial charge in [-0.15, -0.1) is 0 Å². The van der Waals surface area contributed by atoms with Crippen LogP contribution in [-0.2, 0) is 14.8 Å². The molecule has 0 amide bonds. The fourth-order valence-electron chi connectivity index (χ4n) is 0.839. The van der Waals surface area contributed by atoms with Gasteiger partial charge >= 0.3 is 0 Å². The van der Waals surface area contributed by atoms with E-state index in [-0.39, 0.29) is 11.5 Å². The van der Waals surface area contributed by atoms with E-state index in [0.29, 0.717) is 10.0 Å². The molecule has 0 aliphatic carbocycles. The number of phenolic OH excluding ortho intramolecular Hbond substituents is 1. The number of halogens is 2. The van der Waals surface area contributed by atoms with Crippen molar-refractivity contribution >= 4 is 35.7 Å². The molecule has 0 bridgehead atoms. The summed E-state index contributed by atoms with van der Waals surface area (Å²) in [5.41, 5.74) is 0.521. The molecule has 1 rings (SSSR count). The third kappa shape index (κ3) is 3.54. The number of benzene rings is 1. The minimum atomic E-state index is -3.55. The van der Waals surface area contributed by atoms with Crippen molar-refractivity contribution in [3.8, 4) is 5.75 Å². The predicted octanol–water partition coefficient (Wildman–Crippen LogP) is 2.22. The van der Waals surface area contributed by atoms with Crippen molar-refractivity contribution < 1.29 is 13.5 Å². The third-order valence-electron chi connectivity index (χ3n) is 1.36. The van der Waals surface area contributed by atoms with E-state index < -0.39 is 9.05 Å². The van der Waals surface area contributed by atoms with E-state index in [4.69, 9.17) is 15.8 Å². The summed E-state index contributed by atoms with van der Waals surface area (Å²) >= 11 is 3.12. The summed E-state index contributed by atoms with van der Waals surface area (Å²) in [5.74, 6) is -0.183. The van der Waals surface area contributed by atoms with Crippen LogP contribution in [0.15, 0.2) is 22.7 Å². The van der Waals surface area contributed by atoms with E-state index in [0.717, 1.165) is 0 Å². The molecular formula is C7H6BrClO3S. The van der Waals surface area contributed by atoms with Gasteiger partial charge in [-0.1, -0.05) is 22.0 Å². The van der Waals surface area contributed by atoms with Gasteiger partial charge in [0.25, 0.3) is 0 Å². The monoisotopic (exact) mass is 284 g/mol. The van der Waals surface area contributed by atoms with Gasteiger partial charge in [-0.25, -0.2) is 8.42 Å². The fourth-order valence-corrected chi connectivity index (χ4v) is 2.51. The highest BCUT2D eigenvalue weighted by Gasteiger charge is 2.10. The van der Waals surface area contributed by atoms with Crippen molar-refractivity contribution in [2.45, 2.75) is 5.75 Å². The zero-order valence-corrected chi connectivity index (χ0v) is 9.53. The lowest BCUT2D eigenvalue weighted by molar-refractivity contribution is 0.474. The first-order valence-electron chi connectivity index (χ1n) is 3.28. The fraction of sp³-hybridized carbons (Fsp3) is 0.143. The zero-order chi connectivity index (χ0) is 10.1. The molecular weight excluding hydrogens is 279 g/mol. The molecule has 0 radical (unpaired) electrons. The van der Waals surface area contributed by atoms with Crippen molar-refractivity contribution in [2.75, 3.05) is 0 Å². The number of hydrogen-bond donors (Lipinski definition) is 1. The van der Waals surface area contributed by atoms with Gasteiger partial charge in [-0.05, 0) is 17.7 Å². The molecule has 6 heteroatoms. The Kier molecular flexibility index (Phi) is 3.21. The van der Waals surface area contributed by atoms with Crippen LogP contribution < -0.4 is 0 Å². The first kappa shape index (κ1) is 10.8.